The van der Waals surface area contributed by atoms with Crippen molar-refractivity contribution >= 4 is 0 Å². The van der Waals surface area contributed by atoms with Crippen LogP contribution >= 0.6 is 0 Å². The molecule has 2 aliphatic rings. The molecule has 108 valence electrons. The van der Waals surface area contributed by atoms with Crippen molar-refractivity contribution < 1.29 is 9.47 Å². The van der Waals surface area contributed by atoms with E-state index in [9.17, 15) is 4.79 Å². The first-order valence-corrected chi connectivity index (χ1v) is 7.31. The fourth-order valence-corrected chi connectivity index (χ4v) is 3.05. The van der Waals surface area contributed by atoms with Crippen molar-refractivity contribution in [2.24, 2.45) is 0 Å². The second kappa shape index (κ2) is 4.91. The van der Waals surface area contributed by atoms with Gasteiger partial charge in [0.1, 0.15) is 0 Å². The first-order chi connectivity index (χ1) is 10.3. The summed E-state index contributed by atoms with van der Waals surface area (Å²) >= 11 is 0. The molecule has 1 aromatic heterocycles. The fraction of sp³-hybridized carbons (Fsp3) is 0.375. The quantitative estimate of drug-likeness (QED) is 0.851. The lowest BCUT2D eigenvalue weighted by atomic mass is 10.1. The van der Waals surface area contributed by atoms with Crippen LogP contribution in [-0.4, -0.2) is 16.6 Å². The molecule has 5 heteroatoms. The molecule has 2 heterocycles. The number of fused-ring (bicyclic) bond motifs is 1. The number of hydrogen-bond acceptors (Lipinski definition) is 4. The summed E-state index contributed by atoms with van der Waals surface area (Å²) in [7, 11) is 0. The molecule has 0 atom stereocenters. The maximum Gasteiger partial charge on any atom is 0.267 e. The van der Waals surface area contributed by atoms with Crippen LogP contribution in [0.1, 0.15) is 31.7 Å². The number of nitrogens with zero attached hydrogens (tertiary/aromatic N) is 2. The third-order valence-electron chi connectivity index (χ3n) is 4.16. The molecule has 0 unspecified atom stereocenters. The summed E-state index contributed by atoms with van der Waals surface area (Å²) in [4.78, 5) is 12.0. The Morgan fingerprint density at radius 1 is 1.05 bits per heavy atom. The van der Waals surface area contributed by atoms with E-state index in [2.05, 4.69) is 5.10 Å². The van der Waals surface area contributed by atoms with E-state index in [1.165, 1.54) is 12.8 Å². The van der Waals surface area contributed by atoms with Crippen LogP contribution in [0, 0.1) is 0 Å². The minimum Gasteiger partial charge on any atom is -0.454 e. The van der Waals surface area contributed by atoms with E-state index in [-0.39, 0.29) is 18.4 Å². The summed E-state index contributed by atoms with van der Waals surface area (Å²) < 4.78 is 12.4. The van der Waals surface area contributed by atoms with E-state index in [0.717, 1.165) is 35.6 Å². The molecule has 1 aromatic carbocycles. The van der Waals surface area contributed by atoms with Crippen LogP contribution in [-0.2, 0) is 0 Å². The zero-order valence-electron chi connectivity index (χ0n) is 11.6. The Balaban J connectivity index is 1.75. The van der Waals surface area contributed by atoms with Gasteiger partial charge in [-0.2, -0.15) is 5.10 Å². The molecule has 2 aromatic rings. The molecule has 1 saturated carbocycles. The van der Waals surface area contributed by atoms with Gasteiger partial charge in [0.15, 0.2) is 11.5 Å². The Bertz CT molecular complexity index is 733. The molecule has 21 heavy (non-hydrogen) atoms. The maximum absolute atomic E-state index is 12.0. The summed E-state index contributed by atoms with van der Waals surface area (Å²) in [6.45, 7) is 0.258. The number of hydrogen-bond donors (Lipinski definition) is 0. The minimum atomic E-state index is -0.0219. The maximum atomic E-state index is 12.0. The Morgan fingerprint density at radius 3 is 2.71 bits per heavy atom. The molecule has 1 fully saturated rings. The van der Waals surface area contributed by atoms with Gasteiger partial charge >= 0.3 is 0 Å². The highest BCUT2D eigenvalue weighted by Crippen LogP contribution is 2.35. The van der Waals surface area contributed by atoms with Crippen molar-refractivity contribution in [2.75, 3.05) is 6.79 Å². The number of aromatic nitrogens is 2. The Morgan fingerprint density at radius 2 is 1.86 bits per heavy atom. The zero-order valence-corrected chi connectivity index (χ0v) is 11.6. The van der Waals surface area contributed by atoms with Gasteiger partial charge in [-0.15, -0.1) is 0 Å². The fourth-order valence-electron chi connectivity index (χ4n) is 3.05. The molecule has 0 spiro atoms. The summed E-state index contributed by atoms with van der Waals surface area (Å²) in [5.41, 5.74) is 1.71. The number of rotatable bonds is 2. The van der Waals surface area contributed by atoms with Gasteiger partial charge < -0.3 is 9.47 Å². The molecule has 0 saturated heterocycles. The smallest absolute Gasteiger partial charge is 0.267 e. The Labute approximate surface area is 122 Å². The number of benzene rings is 1. The second-order valence-corrected chi connectivity index (χ2v) is 5.51. The molecular weight excluding hydrogens is 268 g/mol. The van der Waals surface area contributed by atoms with E-state index in [1.54, 1.807) is 16.8 Å². The lowest BCUT2D eigenvalue weighted by Crippen LogP contribution is -2.25. The molecule has 0 amide bonds. The topological polar surface area (TPSA) is 53.4 Å². The molecule has 1 aliphatic heterocycles. The first kappa shape index (κ1) is 12.4. The van der Waals surface area contributed by atoms with Crippen LogP contribution in [0.15, 0.2) is 35.1 Å². The molecular formula is C16H16N2O3. The Kier molecular flexibility index (Phi) is 2.91. The van der Waals surface area contributed by atoms with Gasteiger partial charge in [0, 0.05) is 11.6 Å². The first-order valence-electron chi connectivity index (χ1n) is 7.31. The standard InChI is InChI=1S/C16H16N2O3/c19-16-8-6-13(17-18(16)12-3-1-2-4-12)11-5-7-14-15(9-11)21-10-20-14/h5-9,12H,1-4,10H2. The van der Waals surface area contributed by atoms with Crippen molar-refractivity contribution in [2.45, 2.75) is 31.7 Å². The van der Waals surface area contributed by atoms with Crippen LogP contribution in [0.5, 0.6) is 11.5 Å². The molecule has 5 nitrogen and oxygen atoms in total. The van der Waals surface area contributed by atoms with Crippen molar-refractivity contribution in [1.82, 2.24) is 9.78 Å². The summed E-state index contributed by atoms with van der Waals surface area (Å²) in [5.74, 6) is 1.48. The van der Waals surface area contributed by atoms with Gasteiger partial charge in [-0.25, -0.2) is 4.68 Å². The highest BCUT2D eigenvalue weighted by molar-refractivity contribution is 5.63. The highest BCUT2D eigenvalue weighted by atomic mass is 16.7. The lowest BCUT2D eigenvalue weighted by Gasteiger charge is -2.13. The van der Waals surface area contributed by atoms with Gasteiger partial charge in [-0.3, -0.25) is 4.79 Å². The normalized spacial score (nSPS) is 17.3. The largest absolute Gasteiger partial charge is 0.454 e. The van der Waals surface area contributed by atoms with Crippen LogP contribution in [0.2, 0.25) is 0 Å². The minimum absolute atomic E-state index is 0.0219. The predicted octanol–water partition coefficient (Wildman–Crippen LogP) is 2.75. The van der Waals surface area contributed by atoms with Crippen molar-refractivity contribution in [3.63, 3.8) is 0 Å². The van der Waals surface area contributed by atoms with Crippen LogP contribution in [0.4, 0.5) is 0 Å². The average Bonchev–Trinajstić information content (AvgIpc) is 3.18. The summed E-state index contributed by atoms with van der Waals surface area (Å²) in [5, 5.41) is 4.56. The third-order valence-corrected chi connectivity index (χ3v) is 4.16. The van der Waals surface area contributed by atoms with Crippen molar-refractivity contribution in [1.29, 1.82) is 0 Å². The number of ether oxygens (including phenoxy) is 2. The average molecular weight is 284 g/mol. The van der Waals surface area contributed by atoms with E-state index in [0.29, 0.717) is 0 Å². The van der Waals surface area contributed by atoms with Gasteiger partial charge in [-0.05, 0) is 37.1 Å². The monoisotopic (exact) mass is 284 g/mol. The van der Waals surface area contributed by atoms with E-state index in [4.69, 9.17) is 9.47 Å². The van der Waals surface area contributed by atoms with E-state index >= 15 is 0 Å². The van der Waals surface area contributed by atoms with E-state index in [1.807, 2.05) is 18.2 Å². The predicted molar refractivity (Wildman–Crippen MR) is 77.6 cm³/mol. The molecule has 4 rings (SSSR count). The highest BCUT2D eigenvalue weighted by Gasteiger charge is 2.20. The van der Waals surface area contributed by atoms with Gasteiger partial charge in [0.2, 0.25) is 6.79 Å². The van der Waals surface area contributed by atoms with Crippen LogP contribution in [0.3, 0.4) is 0 Å². The summed E-state index contributed by atoms with van der Waals surface area (Å²) in [6.07, 6.45) is 4.43. The van der Waals surface area contributed by atoms with Gasteiger partial charge in [-0.1, -0.05) is 12.8 Å². The van der Waals surface area contributed by atoms with Gasteiger partial charge in [0.25, 0.3) is 5.56 Å². The molecule has 0 radical (unpaired) electrons. The van der Waals surface area contributed by atoms with Gasteiger partial charge in [0.05, 0.1) is 11.7 Å². The summed E-state index contributed by atoms with van der Waals surface area (Å²) in [6, 6.07) is 9.35. The molecule has 1 aliphatic carbocycles. The third kappa shape index (κ3) is 2.18. The van der Waals surface area contributed by atoms with Crippen LogP contribution < -0.4 is 15.0 Å². The SMILES string of the molecule is O=c1ccc(-c2ccc3c(c2)OCO3)nn1C1CCCC1. The molecule has 0 bridgehead atoms. The van der Waals surface area contributed by atoms with Crippen molar-refractivity contribution in [3.05, 3.63) is 40.7 Å². The Hall–Kier alpha value is -2.30. The second-order valence-electron chi connectivity index (χ2n) is 5.51. The van der Waals surface area contributed by atoms with E-state index < -0.39 is 0 Å². The molecule has 0 N–H and O–H groups in total. The van der Waals surface area contributed by atoms with Crippen LogP contribution in [0.25, 0.3) is 11.3 Å². The van der Waals surface area contributed by atoms with Crippen molar-refractivity contribution in [3.8, 4) is 22.8 Å². The lowest BCUT2D eigenvalue weighted by molar-refractivity contribution is 0.174. The zero-order chi connectivity index (χ0) is 14.2.